The SMILES string of the molecule is Cn1ccnc1N=Nc1cccc2ccccc12. The van der Waals surface area contributed by atoms with Gasteiger partial charge in [0, 0.05) is 24.8 Å². The Hall–Kier alpha value is -2.49. The van der Waals surface area contributed by atoms with Crippen LogP contribution in [0.3, 0.4) is 0 Å². The molecule has 4 nitrogen and oxygen atoms in total. The zero-order valence-electron chi connectivity index (χ0n) is 9.99. The fourth-order valence-electron chi connectivity index (χ4n) is 1.85. The van der Waals surface area contributed by atoms with Crippen LogP contribution in [-0.4, -0.2) is 9.55 Å². The van der Waals surface area contributed by atoms with Crippen molar-refractivity contribution in [1.82, 2.24) is 9.55 Å². The number of fused-ring (bicyclic) bond motifs is 1. The van der Waals surface area contributed by atoms with Gasteiger partial charge in [0.25, 0.3) is 0 Å². The maximum absolute atomic E-state index is 4.28. The summed E-state index contributed by atoms with van der Waals surface area (Å²) < 4.78 is 1.83. The number of imidazole rings is 1. The molecule has 3 rings (SSSR count). The highest BCUT2D eigenvalue weighted by atomic mass is 15.2. The predicted molar refractivity (Wildman–Crippen MR) is 71.3 cm³/mol. The lowest BCUT2D eigenvalue weighted by Gasteiger charge is -2.00. The van der Waals surface area contributed by atoms with E-state index in [0.29, 0.717) is 5.95 Å². The van der Waals surface area contributed by atoms with E-state index in [1.54, 1.807) is 6.20 Å². The van der Waals surface area contributed by atoms with Crippen LogP contribution in [0.15, 0.2) is 65.1 Å². The smallest absolute Gasteiger partial charge is 0.249 e. The molecule has 0 aliphatic rings. The zero-order valence-corrected chi connectivity index (χ0v) is 9.99. The molecule has 0 amide bonds. The summed E-state index contributed by atoms with van der Waals surface area (Å²) >= 11 is 0. The number of aromatic nitrogens is 2. The standard InChI is InChI=1S/C14H12N4/c1-18-10-9-15-14(18)17-16-13-8-4-6-11-5-2-3-7-12(11)13/h2-10H,1H3. The molecule has 1 heterocycles. The Kier molecular flexibility index (Phi) is 2.61. The minimum absolute atomic E-state index is 0.600. The first-order valence-electron chi connectivity index (χ1n) is 5.71. The second-order valence-corrected chi connectivity index (χ2v) is 4.04. The van der Waals surface area contributed by atoms with Crippen molar-refractivity contribution in [2.45, 2.75) is 0 Å². The molecule has 0 fully saturated rings. The van der Waals surface area contributed by atoms with Gasteiger partial charge >= 0.3 is 0 Å². The van der Waals surface area contributed by atoms with E-state index in [0.717, 1.165) is 16.5 Å². The lowest BCUT2D eigenvalue weighted by atomic mass is 10.1. The van der Waals surface area contributed by atoms with E-state index in [4.69, 9.17) is 0 Å². The monoisotopic (exact) mass is 236 g/mol. The Morgan fingerprint density at radius 1 is 1.00 bits per heavy atom. The number of aryl methyl sites for hydroxylation is 1. The molecule has 0 aliphatic heterocycles. The molecule has 0 aliphatic carbocycles. The van der Waals surface area contributed by atoms with Gasteiger partial charge in [0.05, 0.1) is 5.69 Å². The normalized spacial score (nSPS) is 11.4. The van der Waals surface area contributed by atoms with E-state index in [2.05, 4.69) is 27.3 Å². The fourth-order valence-corrected chi connectivity index (χ4v) is 1.85. The zero-order chi connectivity index (χ0) is 12.4. The van der Waals surface area contributed by atoms with Crippen molar-refractivity contribution in [3.8, 4) is 0 Å². The van der Waals surface area contributed by atoms with Gasteiger partial charge in [0.15, 0.2) is 0 Å². The summed E-state index contributed by atoms with van der Waals surface area (Å²) in [6, 6.07) is 14.1. The van der Waals surface area contributed by atoms with Crippen LogP contribution < -0.4 is 0 Å². The van der Waals surface area contributed by atoms with Gasteiger partial charge in [-0.3, -0.25) is 0 Å². The highest BCUT2D eigenvalue weighted by Crippen LogP contribution is 2.26. The van der Waals surface area contributed by atoms with Crippen molar-refractivity contribution in [3.05, 3.63) is 54.9 Å². The van der Waals surface area contributed by atoms with Gasteiger partial charge in [0.1, 0.15) is 0 Å². The van der Waals surface area contributed by atoms with Crippen molar-refractivity contribution in [1.29, 1.82) is 0 Å². The molecule has 1 aromatic heterocycles. The lowest BCUT2D eigenvalue weighted by Crippen LogP contribution is -1.82. The number of nitrogens with zero attached hydrogens (tertiary/aromatic N) is 4. The van der Waals surface area contributed by atoms with Crippen LogP contribution in [0.4, 0.5) is 11.6 Å². The number of rotatable bonds is 2. The third-order valence-electron chi connectivity index (χ3n) is 2.81. The number of hydrogen-bond acceptors (Lipinski definition) is 3. The Labute approximate surface area is 105 Å². The van der Waals surface area contributed by atoms with Crippen molar-refractivity contribution >= 4 is 22.4 Å². The molecule has 3 aromatic rings. The molecule has 4 heteroatoms. The molecule has 0 spiro atoms. The van der Waals surface area contributed by atoms with Gasteiger partial charge in [-0.1, -0.05) is 36.4 Å². The van der Waals surface area contributed by atoms with Crippen molar-refractivity contribution in [2.24, 2.45) is 17.3 Å². The van der Waals surface area contributed by atoms with Gasteiger partial charge in [-0.25, -0.2) is 4.98 Å². The molecule has 2 aromatic carbocycles. The van der Waals surface area contributed by atoms with E-state index in [1.165, 1.54) is 0 Å². The molecular weight excluding hydrogens is 224 g/mol. The highest BCUT2D eigenvalue weighted by Gasteiger charge is 1.99. The second-order valence-electron chi connectivity index (χ2n) is 4.04. The summed E-state index contributed by atoms with van der Waals surface area (Å²) in [5.74, 6) is 0.600. The van der Waals surface area contributed by atoms with Crippen LogP contribution in [0, 0.1) is 0 Å². The average Bonchev–Trinajstić information content (AvgIpc) is 2.82. The first-order chi connectivity index (χ1) is 8.84. The number of benzene rings is 2. The van der Waals surface area contributed by atoms with Gasteiger partial charge < -0.3 is 4.57 Å². The Morgan fingerprint density at radius 3 is 2.67 bits per heavy atom. The largest absolute Gasteiger partial charge is 0.317 e. The first kappa shape index (κ1) is 10.7. The fraction of sp³-hybridized carbons (Fsp3) is 0.0714. The van der Waals surface area contributed by atoms with Gasteiger partial charge in [-0.2, -0.15) is 0 Å². The molecule has 0 atom stereocenters. The molecule has 0 radical (unpaired) electrons. The van der Waals surface area contributed by atoms with Gasteiger partial charge in [-0.05, 0) is 11.5 Å². The first-order valence-corrected chi connectivity index (χ1v) is 5.71. The van der Waals surface area contributed by atoms with E-state index >= 15 is 0 Å². The quantitative estimate of drug-likeness (QED) is 0.620. The van der Waals surface area contributed by atoms with Crippen LogP contribution in [0.25, 0.3) is 10.8 Å². The van der Waals surface area contributed by atoms with E-state index in [9.17, 15) is 0 Å². The summed E-state index contributed by atoms with van der Waals surface area (Å²) in [5, 5.41) is 10.7. The van der Waals surface area contributed by atoms with E-state index in [-0.39, 0.29) is 0 Å². The number of hydrogen-bond donors (Lipinski definition) is 0. The summed E-state index contributed by atoms with van der Waals surface area (Å²) in [4.78, 5) is 4.11. The predicted octanol–water partition coefficient (Wildman–Crippen LogP) is 3.99. The minimum Gasteiger partial charge on any atom is -0.317 e. The van der Waals surface area contributed by atoms with Crippen LogP contribution in [-0.2, 0) is 7.05 Å². The summed E-state index contributed by atoms with van der Waals surface area (Å²) in [6.07, 6.45) is 3.55. The molecule has 0 saturated carbocycles. The van der Waals surface area contributed by atoms with Crippen molar-refractivity contribution < 1.29 is 0 Å². The summed E-state index contributed by atoms with van der Waals surface area (Å²) in [7, 11) is 1.89. The van der Waals surface area contributed by atoms with Crippen LogP contribution in [0.2, 0.25) is 0 Å². The molecule has 0 saturated heterocycles. The molecule has 18 heavy (non-hydrogen) atoms. The van der Waals surface area contributed by atoms with E-state index in [1.807, 2.05) is 48.1 Å². The molecule has 88 valence electrons. The molecule has 0 bridgehead atoms. The Morgan fingerprint density at radius 2 is 1.83 bits per heavy atom. The third-order valence-corrected chi connectivity index (χ3v) is 2.81. The Bertz CT molecular complexity index is 707. The maximum Gasteiger partial charge on any atom is 0.249 e. The molecule has 0 N–H and O–H groups in total. The van der Waals surface area contributed by atoms with E-state index < -0.39 is 0 Å². The highest BCUT2D eigenvalue weighted by molar-refractivity contribution is 5.92. The third kappa shape index (κ3) is 1.88. The van der Waals surface area contributed by atoms with Crippen LogP contribution in [0.1, 0.15) is 0 Å². The van der Waals surface area contributed by atoms with Gasteiger partial charge in [-0.15, -0.1) is 10.2 Å². The summed E-state index contributed by atoms with van der Waals surface area (Å²) in [6.45, 7) is 0. The summed E-state index contributed by atoms with van der Waals surface area (Å²) in [5.41, 5.74) is 0.858. The topological polar surface area (TPSA) is 42.5 Å². The Balaban J connectivity index is 2.05. The molecular formula is C14H12N4. The average molecular weight is 236 g/mol. The lowest BCUT2D eigenvalue weighted by molar-refractivity contribution is 0.893. The van der Waals surface area contributed by atoms with Crippen molar-refractivity contribution in [2.75, 3.05) is 0 Å². The van der Waals surface area contributed by atoms with Crippen molar-refractivity contribution in [3.63, 3.8) is 0 Å². The second kappa shape index (κ2) is 4.41. The maximum atomic E-state index is 4.28. The van der Waals surface area contributed by atoms with Gasteiger partial charge in [0.2, 0.25) is 5.95 Å². The molecule has 0 unspecified atom stereocenters. The number of azo groups is 1. The van der Waals surface area contributed by atoms with Crippen LogP contribution in [0.5, 0.6) is 0 Å². The minimum atomic E-state index is 0.600. The van der Waals surface area contributed by atoms with Crippen LogP contribution >= 0.6 is 0 Å².